The van der Waals surface area contributed by atoms with Crippen LogP contribution in [0.4, 0.5) is 0 Å². The summed E-state index contributed by atoms with van der Waals surface area (Å²) in [6.07, 6.45) is 2.54. The normalized spacial score (nSPS) is 32.3. The second-order valence-corrected chi connectivity index (χ2v) is 7.26. The monoisotopic (exact) mass is 260 g/mol. The third kappa shape index (κ3) is 2.98. The van der Waals surface area contributed by atoms with Crippen LogP contribution in [0, 0.1) is 5.92 Å². The molecule has 6 heteroatoms. The van der Waals surface area contributed by atoms with Gasteiger partial charge in [-0.1, -0.05) is 13.3 Å². The maximum atomic E-state index is 12.0. The molecule has 0 aromatic rings. The Morgan fingerprint density at radius 2 is 2.24 bits per heavy atom. The van der Waals surface area contributed by atoms with Crippen molar-refractivity contribution in [2.75, 3.05) is 24.7 Å². The summed E-state index contributed by atoms with van der Waals surface area (Å²) in [6, 6.07) is -0.0574. The van der Waals surface area contributed by atoms with E-state index in [9.17, 15) is 13.2 Å². The van der Waals surface area contributed by atoms with Crippen molar-refractivity contribution < 1.29 is 13.2 Å². The summed E-state index contributed by atoms with van der Waals surface area (Å²) >= 11 is 0. The average molecular weight is 260 g/mol. The molecule has 2 fully saturated rings. The van der Waals surface area contributed by atoms with Gasteiger partial charge in [0.1, 0.15) is 0 Å². The molecule has 2 aliphatic heterocycles. The zero-order valence-corrected chi connectivity index (χ0v) is 11.0. The average Bonchev–Trinajstić information content (AvgIpc) is 2.76. The van der Waals surface area contributed by atoms with Crippen molar-refractivity contribution >= 4 is 15.7 Å². The summed E-state index contributed by atoms with van der Waals surface area (Å²) < 4.78 is 22.7. The molecule has 5 nitrogen and oxygen atoms in total. The van der Waals surface area contributed by atoms with E-state index in [-0.39, 0.29) is 29.4 Å². The highest BCUT2D eigenvalue weighted by Gasteiger charge is 2.35. The predicted octanol–water partition coefficient (Wildman–Crippen LogP) is -0.0209. The Morgan fingerprint density at radius 3 is 2.82 bits per heavy atom. The fourth-order valence-corrected chi connectivity index (χ4v) is 4.45. The summed E-state index contributed by atoms with van der Waals surface area (Å²) in [7, 11) is -2.84. The van der Waals surface area contributed by atoms with Gasteiger partial charge in [-0.2, -0.15) is 0 Å². The molecule has 2 unspecified atom stereocenters. The Kier molecular flexibility index (Phi) is 3.73. The van der Waals surface area contributed by atoms with Crippen LogP contribution in [0.2, 0.25) is 0 Å². The lowest BCUT2D eigenvalue weighted by Crippen LogP contribution is -2.34. The van der Waals surface area contributed by atoms with Crippen molar-refractivity contribution in [2.45, 2.75) is 32.2 Å². The molecule has 98 valence electrons. The van der Waals surface area contributed by atoms with Gasteiger partial charge in [-0.3, -0.25) is 10.1 Å². The predicted molar refractivity (Wildman–Crippen MR) is 65.2 cm³/mol. The first kappa shape index (κ1) is 12.8. The molecule has 2 saturated heterocycles. The largest absolute Gasteiger partial charge is 0.328 e. The summed E-state index contributed by atoms with van der Waals surface area (Å²) in [5, 5.41) is 3.18. The third-order valence-corrected chi connectivity index (χ3v) is 5.36. The molecule has 1 N–H and O–H groups in total. The SMILES string of the molecule is CCCC1NCN(CC2CCS(=O)(=O)C2)C1=O. The highest BCUT2D eigenvalue weighted by atomic mass is 32.2. The molecule has 2 rings (SSSR count). The lowest BCUT2D eigenvalue weighted by molar-refractivity contribution is -0.129. The summed E-state index contributed by atoms with van der Waals surface area (Å²) in [4.78, 5) is 13.7. The molecular weight excluding hydrogens is 240 g/mol. The zero-order chi connectivity index (χ0) is 12.5. The van der Waals surface area contributed by atoms with Crippen LogP contribution in [0.3, 0.4) is 0 Å². The summed E-state index contributed by atoms with van der Waals surface area (Å²) in [5.41, 5.74) is 0. The van der Waals surface area contributed by atoms with E-state index >= 15 is 0 Å². The molecule has 0 aliphatic carbocycles. The Bertz CT molecular complexity index is 394. The number of hydrogen-bond acceptors (Lipinski definition) is 4. The van der Waals surface area contributed by atoms with E-state index in [0.29, 0.717) is 19.6 Å². The first-order valence-electron chi connectivity index (χ1n) is 6.24. The standard InChI is InChI=1S/C11H20N2O3S/c1-2-3-10-11(14)13(8-12-10)6-9-4-5-17(15,16)7-9/h9-10,12H,2-8H2,1H3. The van der Waals surface area contributed by atoms with Gasteiger partial charge in [0.15, 0.2) is 9.84 Å². The molecule has 0 aromatic carbocycles. The smallest absolute Gasteiger partial charge is 0.240 e. The van der Waals surface area contributed by atoms with E-state index in [1.54, 1.807) is 4.90 Å². The van der Waals surface area contributed by atoms with Crippen LogP contribution >= 0.6 is 0 Å². The fraction of sp³-hybridized carbons (Fsp3) is 0.909. The van der Waals surface area contributed by atoms with Gasteiger partial charge in [-0.15, -0.1) is 0 Å². The van der Waals surface area contributed by atoms with E-state index in [4.69, 9.17) is 0 Å². The number of nitrogens with zero attached hydrogens (tertiary/aromatic N) is 1. The van der Waals surface area contributed by atoms with Gasteiger partial charge < -0.3 is 4.90 Å². The Balaban J connectivity index is 1.87. The highest BCUT2D eigenvalue weighted by Crippen LogP contribution is 2.21. The second kappa shape index (κ2) is 4.94. The van der Waals surface area contributed by atoms with Gasteiger partial charge in [0, 0.05) is 6.54 Å². The molecular formula is C11H20N2O3S. The van der Waals surface area contributed by atoms with Crippen molar-refractivity contribution in [2.24, 2.45) is 5.92 Å². The quantitative estimate of drug-likeness (QED) is 0.771. The molecule has 0 saturated carbocycles. The van der Waals surface area contributed by atoms with Gasteiger partial charge in [-0.25, -0.2) is 8.42 Å². The molecule has 1 amide bonds. The number of sulfone groups is 1. The molecule has 2 aliphatic rings. The number of carbonyl (C=O) groups is 1. The third-order valence-electron chi connectivity index (χ3n) is 3.52. The number of hydrogen-bond donors (Lipinski definition) is 1. The molecule has 0 radical (unpaired) electrons. The van der Waals surface area contributed by atoms with Gasteiger partial charge in [0.25, 0.3) is 0 Å². The maximum Gasteiger partial charge on any atom is 0.240 e. The minimum absolute atomic E-state index is 0.0574. The van der Waals surface area contributed by atoms with Crippen LogP contribution in [0.25, 0.3) is 0 Å². The number of carbonyl (C=O) groups excluding carboxylic acids is 1. The molecule has 0 spiro atoms. The Hall–Kier alpha value is -0.620. The van der Waals surface area contributed by atoms with Crippen molar-refractivity contribution in [1.29, 1.82) is 0 Å². The van der Waals surface area contributed by atoms with Crippen molar-refractivity contribution in [1.82, 2.24) is 10.2 Å². The fourth-order valence-electron chi connectivity index (χ4n) is 2.60. The summed E-state index contributed by atoms with van der Waals surface area (Å²) in [5.74, 6) is 0.795. The Morgan fingerprint density at radius 1 is 1.47 bits per heavy atom. The summed E-state index contributed by atoms with van der Waals surface area (Å²) in [6.45, 7) is 3.21. The van der Waals surface area contributed by atoms with Gasteiger partial charge in [0.2, 0.25) is 5.91 Å². The first-order chi connectivity index (χ1) is 8.02. The first-order valence-corrected chi connectivity index (χ1v) is 8.06. The van der Waals surface area contributed by atoms with E-state index < -0.39 is 9.84 Å². The van der Waals surface area contributed by atoms with Crippen molar-refractivity contribution in [3.63, 3.8) is 0 Å². The number of amides is 1. The minimum Gasteiger partial charge on any atom is -0.328 e. The van der Waals surface area contributed by atoms with Crippen molar-refractivity contribution in [3.05, 3.63) is 0 Å². The van der Waals surface area contributed by atoms with Gasteiger partial charge >= 0.3 is 0 Å². The van der Waals surface area contributed by atoms with Crippen LogP contribution in [-0.4, -0.2) is 50.0 Å². The Labute approximate surface area is 102 Å². The zero-order valence-electron chi connectivity index (χ0n) is 10.2. The van der Waals surface area contributed by atoms with Crippen LogP contribution in [0.5, 0.6) is 0 Å². The number of rotatable bonds is 4. The van der Waals surface area contributed by atoms with Crippen LogP contribution in [0.15, 0.2) is 0 Å². The molecule has 0 aromatic heterocycles. The topological polar surface area (TPSA) is 66.5 Å². The highest BCUT2D eigenvalue weighted by molar-refractivity contribution is 7.91. The minimum atomic E-state index is -2.84. The van der Waals surface area contributed by atoms with Crippen LogP contribution in [0.1, 0.15) is 26.2 Å². The van der Waals surface area contributed by atoms with E-state index in [0.717, 1.165) is 12.8 Å². The molecule has 2 heterocycles. The van der Waals surface area contributed by atoms with Gasteiger partial charge in [0.05, 0.1) is 24.2 Å². The maximum absolute atomic E-state index is 12.0. The van der Waals surface area contributed by atoms with E-state index in [1.807, 2.05) is 0 Å². The molecule has 17 heavy (non-hydrogen) atoms. The lowest BCUT2D eigenvalue weighted by Gasteiger charge is -2.18. The van der Waals surface area contributed by atoms with E-state index in [1.165, 1.54) is 0 Å². The van der Waals surface area contributed by atoms with Crippen molar-refractivity contribution in [3.8, 4) is 0 Å². The lowest BCUT2D eigenvalue weighted by atomic mass is 10.1. The van der Waals surface area contributed by atoms with Crippen LogP contribution in [-0.2, 0) is 14.6 Å². The molecule has 2 atom stereocenters. The van der Waals surface area contributed by atoms with E-state index in [2.05, 4.69) is 12.2 Å². The number of nitrogens with one attached hydrogen (secondary N) is 1. The van der Waals surface area contributed by atoms with Gasteiger partial charge in [-0.05, 0) is 18.8 Å². The molecule has 0 bridgehead atoms. The van der Waals surface area contributed by atoms with Crippen LogP contribution < -0.4 is 5.32 Å². The second-order valence-electron chi connectivity index (χ2n) is 5.03.